The maximum atomic E-state index is 12.8. The fourth-order valence-corrected chi connectivity index (χ4v) is 3.20. The van der Waals surface area contributed by atoms with Crippen LogP contribution in [0.5, 0.6) is 0 Å². The first-order chi connectivity index (χ1) is 9.91. The highest BCUT2D eigenvalue weighted by Gasteiger charge is 2.53. The zero-order valence-corrected chi connectivity index (χ0v) is 13.0. The lowest BCUT2D eigenvalue weighted by Gasteiger charge is -2.42. The minimum absolute atomic E-state index is 0.0204. The SMILES string of the molecule is CC(c1ccc(Cl)cc1)N1CC(=O)NC(C)(C2CC2)C1=O. The van der Waals surface area contributed by atoms with Crippen LogP contribution in [0.3, 0.4) is 0 Å². The number of nitrogens with one attached hydrogen (secondary N) is 1. The van der Waals surface area contributed by atoms with Gasteiger partial charge in [-0.3, -0.25) is 9.59 Å². The number of benzene rings is 1. The van der Waals surface area contributed by atoms with Crippen LogP contribution in [-0.4, -0.2) is 28.8 Å². The van der Waals surface area contributed by atoms with Crippen molar-refractivity contribution in [2.24, 2.45) is 5.92 Å². The first kappa shape index (κ1) is 14.4. The number of piperazine rings is 1. The summed E-state index contributed by atoms with van der Waals surface area (Å²) in [7, 11) is 0. The molecule has 1 aromatic rings. The van der Waals surface area contributed by atoms with Crippen molar-refractivity contribution in [3.8, 4) is 0 Å². The predicted molar refractivity (Wildman–Crippen MR) is 80.9 cm³/mol. The average Bonchev–Trinajstić information content (AvgIpc) is 3.28. The second kappa shape index (κ2) is 5.02. The molecule has 1 aromatic carbocycles. The molecule has 3 rings (SSSR count). The van der Waals surface area contributed by atoms with Crippen molar-refractivity contribution >= 4 is 23.4 Å². The normalized spacial score (nSPS) is 27.5. The summed E-state index contributed by atoms with van der Waals surface area (Å²) >= 11 is 5.90. The molecule has 1 aliphatic carbocycles. The van der Waals surface area contributed by atoms with Crippen molar-refractivity contribution in [3.05, 3.63) is 34.9 Å². The van der Waals surface area contributed by atoms with Crippen LogP contribution in [0.1, 0.15) is 38.3 Å². The van der Waals surface area contributed by atoms with E-state index in [0.717, 1.165) is 18.4 Å². The third-order valence-electron chi connectivity index (χ3n) is 4.63. The summed E-state index contributed by atoms with van der Waals surface area (Å²) in [6.45, 7) is 3.92. The van der Waals surface area contributed by atoms with Crippen molar-refractivity contribution < 1.29 is 9.59 Å². The van der Waals surface area contributed by atoms with Gasteiger partial charge in [-0.05, 0) is 50.3 Å². The summed E-state index contributed by atoms with van der Waals surface area (Å²) in [4.78, 5) is 26.6. The fourth-order valence-electron chi connectivity index (χ4n) is 3.08. The highest BCUT2D eigenvalue weighted by molar-refractivity contribution is 6.30. The lowest BCUT2D eigenvalue weighted by Crippen LogP contribution is -2.66. The molecule has 1 heterocycles. The van der Waals surface area contributed by atoms with Gasteiger partial charge in [0.1, 0.15) is 12.1 Å². The third kappa shape index (κ3) is 2.53. The van der Waals surface area contributed by atoms with E-state index in [1.807, 2.05) is 38.1 Å². The molecule has 1 saturated carbocycles. The van der Waals surface area contributed by atoms with E-state index >= 15 is 0 Å². The van der Waals surface area contributed by atoms with Crippen LogP contribution in [0.15, 0.2) is 24.3 Å². The zero-order valence-electron chi connectivity index (χ0n) is 12.2. The number of halogens is 1. The van der Waals surface area contributed by atoms with Crippen LogP contribution < -0.4 is 5.32 Å². The molecule has 4 nitrogen and oxygen atoms in total. The predicted octanol–water partition coefficient (Wildman–Crippen LogP) is 2.53. The average molecular weight is 307 g/mol. The van der Waals surface area contributed by atoms with Gasteiger partial charge in [0.05, 0.1) is 6.04 Å². The summed E-state index contributed by atoms with van der Waals surface area (Å²) in [6.07, 6.45) is 2.01. The van der Waals surface area contributed by atoms with Gasteiger partial charge in [0, 0.05) is 5.02 Å². The van der Waals surface area contributed by atoms with E-state index in [-0.39, 0.29) is 30.3 Å². The zero-order chi connectivity index (χ0) is 15.2. The molecule has 112 valence electrons. The van der Waals surface area contributed by atoms with Gasteiger partial charge in [0.15, 0.2) is 0 Å². The molecule has 2 unspecified atom stereocenters. The molecule has 0 spiro atoms. The fraction of sp³-hybridized carbons (Fsp3) is 0.500. The Hall–Kier alpha value is -1.55. The molecule has 0 bridgehead atoms. The van der Waals surface area contributed by atoms with Gasteiger partial charge >= 0.3 is 0 Å². The van der Waals surface area contributed by atoms with E-state index < -0.39 is 5.54 Å². The van der Waals surface area contributed by atoms with Crippen LogP contribution in [-0.2, 0) is 9.59 Å². The lowest BCUT2D eigenvalue weighted by molar-refractivity contribution is -0.152. The number of nitrogens with zero attached hydrogens (tertiary/aromatic N) is 1. The quantitative estimate of drug-likeness (QED) is 0.933. The van der Waals surface area contributed by atoms with Crippen molar-refractivity contribution in [2.45, 2.75) is 38.3 Å². The first-order valence-corrected chi connectivity index (χ1v) is 7.67. The summed E-state index contributed by atoms with van der Waals surface area (Å²) in [5.74, 6) is 0.214. The van der Waals surface area contributed by atoms with Crippen LogP contribution in [0.4, 0.5) is 0 Å². The van der Waals surface area contributed by atoms with E-state index in [9.17, 15) is 9.59 Å². The molecule has 2 atom stereocenters. The Balaban J connectivity index is 1.87. The van der Waals surface area contributed by atoms with E-state index in [1.54, 1.807) is 4.90 Å². The summed E-state index contributed by atoms with van der Waals surface area (Å²) in [5.41, 5.74) is 0.247. The highest BCUT2D eigenvalue weighted by atomic mass is 35.5. The number of rotatable bonds is 3. The minimum atomic E-state index is -0.740. The smallest absolute Gasteiger partial charge is 0.249 e. The Labute approximate surface area is 129 Å². The summed E-state index contributed by atoms with van der Waals surface area (Å²) in [6, 6.07) is 7.28. The molecule has 0 aromatic heterocycles. The van der Waals surface area contributed by atoms with Gasteiger partial charge in [0.2, 0.25) is 11.8 Å². The molecule has 1 aliphatic heterocycles. The maximum absolute atomic E-state index is 12.8. The molecular weight excluding hydrogens is 288 g/mol. The van der Waals surface area contributed by atoms with Crippen LogP contribution >= 0.6 is 11.6 Å². The van der Waals surface area contributed by atoms with Gasteiger partial charge in [-0.15, -0.1) is 0 Å². The molecule has 2 aliphatic rings. The molecule has 0 radical (unpaired) electrons. The minimum Gasteiger partial charge on any atom is -0.340 e. The van der Waals surface area contributed by atoms with Gasteiger partial charge in [0.25, 0.3) is 0 Å². The van der Waals surface area contributed by atoms with Crippen molar-refractivity contribution in [3.63, 3.8) is 0 Å². The van der Waals surface area contributed by atoms with Crippen molar-refractivity contribution in [2.75, 3.05) is 6.54 Å². The molecule has 21 heavy (non-hydrogen) atoms. The molecule has 1 N–H and O–H groups in total. The Morgan fingerprint density at radius 2 is 1.90 bits per heavy atom. The van der Waals surface area contributed by atoms with E-state index in [2.05, 4.69) is 5.32 Å². The highest BCUT2D eigenvalue weighted by Crippen LogP contribution is 2.42. The summed E-state index contributed by atoms with van der Waals surface area (Å²) in [5, 5.41) is 3.56. The second-order valence-electron chi connectivity index (χ2n) is 6.19. The Kier molecular flexibility index (Phi) is 3.44. The van der Waals surface area contributed by atoms with E-state index in [1.165, 1.54) is 0 Å². The molecule has 2 fully saturated rings. The van der Waals surface area contributed by atoms with Gasteiger partial charge in [-0.2, -0.15) is 0 Å². The number of carbonyl (C=O) groups is 2. The molecular formula is C16H19ClN2O2. The molecule has 2 amide bonds. The van der Waals surface area contributed by atoms with Gasteiger partial charge < -0.3 is 10.2 Å². The number of hydrogen-bond donors (Lipinski definition) is 1. The Bertz CT molecular complexity index is 582. The number of carbonyl (C=O) groups excluding carboxylic acids is 2. The van der Waals surface area contributed by atoms with E-state index in [0.29, 0.717) is 5.02 Å². The number of amides is 2. The van der Waals surface area contributed by atoms with Crippen LogP contribution in [0.2, 0.25) is 5.02 Å². The van der Waals surface area contributed by atoms with E-state index in [4.69, 9.17) is 11.6 Å². The molecule has 1 saturated heterocycles. The third-order valence-corrected chi connectivity index (χ3v) is 4.88. The topological polar surface area (TPSA) is 49.4 Å². The number of hydrogen-bond acceptors (Lipinski definition) is 2. The van der Waals surface area contributed by atoms with Crippen molar-refractivity contribution in [1.82, 2.24) is 10.2 Å². The second-order valence-corrected chi connectivity index (χ2v) is 6.62. The first-order valence-electron chi connectivity index (χ1n) is 7.29. The maximum Gasteiger partial charge on any atom is 0.249 e. The summed E-state index contributed by atoms with van der Waals surface area (Å²) < 4.78 is 0. The Morgan fingerprint density at radius 1 is 1.29 bits per heavy atom. The Morgan fingerprint density at radius 3 is 2.48 bits per heavy atom. The standard InChI is InChI=1S/C16H19ClN2O2/c1-10(11-3-7-13(17)8-4-11)19-9-14(20)18-16(2,15(19)21)12-5-6-12/h3-4,7-8,10,12H,5-6,9H2,1-2H3,(H,18,20). The van der Waals surface area contributed by atoms with Crippen LogP contribution in [0.25, 0.3) is 0 Å². The monoisotopic (exact) mass is 306 g/mol. The largest absolute Gasteiger partial charge is 0.340 e. The molecule has 5 heteroatoms. The lowest BCUT2D eigenvalue weighted by atomic mass is 9.90. The van der Waals surface area contributed by atoms with Gasteiger partial charge in [-0.25, -0.2) is 0 Å². The van der Waals surface area contributed by atoms with Crippen LogP contribution in [0, 0.1) is 5.92 Å². The van der Waals surface area contributed by atoms with Crippen molar-refractivity contribution in [1.29, 1.82) is 0 Å². The van der Waals surface area contributed by atoms with Gasteiger partial charge in [-0.1, -0.05) is 23.7 Å².